The highest BCUT2D eigenvalue weighted by Gasteiger charge is 2.16. The number of carbonyl (C=O) groups is 2. The fourth-order valence-electron chi connectivity index (χ4n) is 5.30. The van der Waals surface area contributed by atoms with Gasteiger partial charge in [-0.1, -0.05) is 152 Å². The number of ether oxygens (including phenoxy) is 2. The van der Waals surface area contributed by atoms with Gasteiger partial charge in [-0.2, -0.15) is 0 Å². The first-order valence-electron chi connectivity index (χ1n) is 19.8. The van der Waals surface area contributed by atoms with Crippen molar-refractivity contribution in [2.75, 3.05) is 13.2 Å². The van der Waals surface area contributed by atoms with Gasteiger partial charge >= 0.3 is 11.9 Å². The van der Waals surface area contributed by atoms with E-state index in [1.54, 1.807) is 0 Å². The smallest absolute Gasteiger partial charge is 0.306 e. The molecule has 0 aromatic heterocycles. The molecule has 0 aliphatic heterocycles. The number of unbranched alkanes of at least 4 members (excludes halogenated alkanes) is 17. The van der Waals surface area contributed by atoms with Crippen LogP contribution in [-0.4, -0.2) is 36.4 Å². The van der Waals surface area contributed by atoms with Gasteiger partial charge in [0.25, 0.3) is 0 Å². The average molecular weight is 671 g/mol. The fourth-order valence-corrected chi connectivity index (χ4v) is 5.30. The summed E-state index contributed by atoms with van der Waals surface area (Å²) in [6.07, 6.45) is 50.0. The van der Waals surface area contributed by atoms with Crippen LogP contribution in [0.1, 0.15) is 181 Å². The maximum absolute atomic E-state index is 12.2. The predicted molar refractivity (Wildman–Crippen MR) is 205 cm³/mol. The van der Waals surface area contributed by atoms with Gasteiger partial charge < -0.3 is 14.6 Å². The molecule has 276 valence electrons. The van der Waals surface area contributed by atoms with E-state index in [4.69, 9.17) is 9.47 Å². The summed E-state index contributed by atoms with van der Waals surface area (Å²) in [5, 5.41) is 9.55. The fraction of sp³-hybridized carbons (Fsp3) is 0.721. The predicted octanol–water partition coefficient (Wildman–Crippen LogP) is 12.4. The molecule has 0 amide bonds. The normalized spacial score (nSPS) is 12.8. The van der Waals surface area contributed by atoms with Crippen molar-refractivity contribution in [1.29, 1.82) is 0 Å². The van der Waals surface area contributed by atoms with Crippen LogP contribution < -0.4 is 0 Å². The van der Waals surface area contributed by atoms with Gasteiger partial charge in [0.15, 0.2) is 6.10 Å². The van der Waals surface area contributed by atoms with Gasteiger partial charge in [0, 0.05) is 12.8 Å². The lowest BCUT2D eigenvalue weighted by Gasteiger charge is -2.15. The highest BCUT2D eigenvalue weighted by molar-refractivity contribution is 5.70. The van der Waals surface area contributed by atoms with E-state index in [2.05, 4.69) is 74.6 Å². The van der Waals surface area contributed by atoms with E-state index < -0.39 is 6.10 Å². The van der Waals surface area contributed by atoms with Crippen LogP contribution >= 0.6 is 0 Å². The molecule has 48 heavy (non-hydrogen) atoms. The Morgan fingerprint density at radius 3 is 1.42 bits per heavy atom. The number of carbonyl (C=O) groups excluding carboxylic acids is 2. The van der Waals surface area contributed by atoms with Crippen molar-refractivity contribution in [2.24, 2.45) is 0 Å². The van der Waals surface area contributed by atoms with E-state index in [-0.39, 0.29) is 25.2 Å². The zero-order chi connectivity index (χ0) is 35.0. The van der Waals surface area contributed by atoms with Crippen LogP contribution in [0.15, 0.2) is 60.8 Å². The number of hydrogen-bond donors (Lipinski definition) is 1. The van der Waals surface area contributed by atoms with E-state index in [9.17, 15) is 14.7 Å². The molecule has 0 saturated carbocycles. The van der Waals surface area contributed by atoms with Crippen LogP contribution in [0, 0.1) is 0 Å². The highest BCUT2D eigenvalue weighted by atomic mass is 16.6. The minimum atomic E-state index is -0.790. The van der Waals surface area contributed by atoms with E-state index in [0.717, 1.165) is 64.2 Å². The monoisotopic (exact) mass is 671 g/mol. The van der Waals surface area contributed by atoms with Gasteiger partial charge in [0.05, 0.1) is 6.61 Å². The first-order chi connectivity index (χ1) is 23.6. The zero-order valence-corrected chi connectivity index (χ0v) is 31.2. The van der Waals surface area contributed by atoms with Gasteiger partial charge in [-0.25, -0.2) is 0 Å². The molecule has 0 aliphatic carbocycles. The summed E-state index contributed by atoms with van der Waals surface area (Å²) in [7, 11) is 0. The number of aliphatic hydroxyl groups is 1. The minimum absolute atomic E-state index is 0.0899. The maximum Gasteiger partial charge on any atom is 0.306 e. The molecule has 5 nitrogen and oxygen atoms in total. The van der Waals surface area contributed by atoms with Gasteiger partial charge in [0.1, 0.15) is 6.61 Å². The topological polar surface area (TPSA) is 72.8 Å². The number of hydrogen-bond acceptors (Lipinski definition) is 5. The van der Waals surface area contributed by atoms with E-state index in [1.807, 2.05) is 0 Å². The van der Waals surface area contributed by atoms with Crippen LogP contribution in [0.2, 0.25) is 0 Å². The Morgan fingerprint density at radius 1 is 0.500 bits per heavy atom. The van der Waals surface area contributed by atoms with Gasteiger partial charge in [-0.3, -0.25) is 9.59 Å². The van der Waals surface area contributed by atoms with Crippen LogP contribution in [0.5, 0.6) is 0 Å². The van der Waals surface area contributed by atoms with Gasteiger partial charge in [-0.05, 0) is 77.0 Å². The first kappa shape index (κ1) is 45.6. The highest BCUT2D eigenvalue weighted by Crippen LogP contribution is 2.13. The third-order valence-corrected chi connectivity index (χ3v) is 8.30. The largest absolute Gasteiger partial charge is 0.462 e. The van der Waals surface area contributed by atoms with Gasteiger partial charge in [0.2, 0.25) is 0 Å². The molecule has 0 unspecified atom stereocenters. The Morgan fingerprint density at radius 2 is 0.896 bits per heavy atom. The van der Waals surface area contributed by atoms with Crippen LogP contribution in [0.25, 0.3) is 0 Å². The molecule has 1 atom stereocenters. The second kappa shape index (κ2) is 39.0. The van der Waals surface area contributed by atoms with E-state index in [1.165, 1.54) is 89.9 Å². The van der Waals surface area contributed by atoms with Crippen molar-refractivity contribution in [3.63, 3.8) is 0 Å². The van der Waals surface area contributed by atoms with E-state index in [0.29, 0.717) is 12.8 Å². The molecule has 0 aliphatic rings. The van der Waals surface area contributed by atoms with Gasteiger partial charge in [-0.15, -0.1) is 0 Å². The standard InChI is InChI=1S/C43H74O5/c1-3-5-7-9-11-13-15-17-19-20-21-22-24-26-28-30-32-34-36-38-43(46)48-41(39-44)40-47-42(45)37-35-33-31-29-27-25-23-18-16-14-12-10-8-6-4-2/h6,8,12,14,17-19,23,27,29,41,44H,3-5,7,9-11,13,15-16,20-22,24-26,28,30-40H2,1-2H3/t41-/m0/s1. The molecule has 0 spiro atoms. The second-order valence-electron chi connectivity index (χ2n) is 13.0. The average Bonchev–Trinajstić information content (AvgIpc) is 3.09. The Kier molecular flexibility index (Phi) is 37.1. The third kappa shape index (κ3) is 36.4. The lowest BCUT2D eigenvalue weighted by Crippen LogP contribution is -2.28. The SMILES string of the molecule is CCC=CCC=CCC=CCC=CCCCCC(=O)OC[C@H](CO)OC(=O)CCCCCCCCCCCC=CCCCCCCCC. The zero-order valence-electron chi connectivity index (χ0n) is 31.2. The van der Waals surface area contributed by atoms with Crippen molar-refractivity contribution in [1.82, 2.24) is 0 Å². The number of aliphatic hydroxyl groups excluding tert-OH is 1. The quantitative estimate of drug-likeness (QED) is 0.0413. The van der Waals surface area contributed by atoms with Crippen molar-refractivity contribution in [3.05, 3.63) is 60.8 Å². The molecule has 0 saturated heterocycles. The van der Waals surface area contributed by atoms with Crippen molar-refractivity contribution >= 4 is 11.9 Å². The molecule has 0 heterocycles. The Bertz CT molecular complexity index is 853. The van der Waals surface area contributed by atoms with Crippen molar-refractivity contribution < 1.29 is 24.2 Å². The lowest BCUT2D eigenvalue weighted by molar-refractivity contribution is -0.161. The molecule has 5 heteroatoms. The summed E-state index contributed by atoms with van der Waals surface area (Å²) >= 11 is 0. The number of esters is 2. The molecule has 0 radical (unpaired) electrons. The maximum atomic E-state index is 12.2. The molecular formula is C43H74O5. The van der Waals surface area contributed by atoms with Crippen LogP contribution in [0.4, 0.5) is 0 Å². The van der Waals surface area contributed by atoms with Crippen molar-refractivity contribution in [3.8, 4) is 0 Å². The van der Waals surface area contributed by atoms with Crippen LogP contribution in [0.3, 0.4) is 0 Å². The first-order valence-corrected chi connectivity index (χ1v) is 19.8. The number of rotatable bonds is 35. The number of allylic oxidation sites excluding steroid dienone is 10. The molecule has 0 fully saturated rings. The summed E-state index contributed by atoms with van der Waals surface area (Å²) in [5.41, 5.74) is 0. The molecule has 0 rings (SSSR count). The molecule has 0 bridgehead atoms. The Labute approximate surface area is 296 Å². The summed E-state index contributed by atoms with van der Waals surface area (Å²) in [5.74, 6) is -0.644. The van der Waals surface area contributed by atoms with Crippen LogP contribution in [-0.2, 0) is 19.1 Å². The third-order valence-electron chi connectivity index (χ3n) is 8.30. The second-order valence-corrected chi connectivity index (χ2v) is 13.0. The Balaban J connectivity index is 3.61. The Hall–Kier alpha value is -2.40. The molecule has 0 aromatic carbocycles. The summed E-state index contributed by atoms with van der Waals surface area (Å²) in [6.45, 7) is 3.97. The summed E-state index contributed by atoms with van der Waals surface area (Å²) in [4.78, 5) is 24.2. The minimum Gasteiger partial charge on any atom is -0.462 e. The molecule has 1 N–H and O–H groups in total. The molecule has 0 aromatic rings. The van der Waals surface area contributed by atoms with Crippen molar-refractivity contribution in [2.45, 2.75) is 187 Å². The summed E-state index contributed by atoms with van der Waals surface area (Å²) in [6, 6.07) is 0. The summed E-state index contributed by atoms with van der Waals surface area (Å²) < 4.78 is 10.6. The lowest BCUT2D eigenvalue weighted by atomic mass is 10.1. The van der Waals surface area contributed by atoms with E-state index >= 15 is 0 Å². The molecular weight excluding hydrogens is 596 g/mol.